The van der Waals surface area contributed by atoms with E-state index in [1.54, 1.807) is 6.07 Å². The predicted molar refractivity (Wildman–Crippen MR) is 81.5 cm³/mol. The van der Waals surface area contributed by atoms with E-state index >= 15 is 0 Å². The molecule has 0 spiro atoms. The molecular weight excluding hydrogens is 269 g/mol. The molecule has 1 aromatic heterocycles. The molecule has 0 amide bonds. The molecule has 2 rings (SSSR count). The van der Waals surface area contributed by atoms with Crippen molar-refractivity contribution in [1.29, 1.82) is 0 Å². The van der Waals surface area contributed by atoms with Gasteiger partial charge >= 0.3 is 0 Å². The fourth-order valence-electron chi connectivity index (χ4n) is 2.85. The summed E-state index contributed by atoms with van der Waals surface area (Å²) in [5, 5.41) is 12.7. The van der Waals surface area contributed by atoms with Crippen LogP contribution in [0, 0.1) is 11.7 Å². The second-order valence-electron chi connectivity index (χ2n) is 5.86. The Hall–Kier alpha value is -1.04. The van der Waals surface area contributed by atoms with Gasteiger partial charge in [0.15, 0.2) is 0 Å². The summed E-state index contributed by atoms with van der Waals surface area (Å²) in [5.41, 5.74) is 0.880. The largest absolute Gasteiger partial charge is 0.395 e. The molecule has 1 aliphatic rings. The Morgan fingerprint density at radius 1 is 1.48 bits per heavy atom. The van der Waals surface area contributed by atoms with E-state index in [2.05, 4.69) is 29.0 Å². The third kappa shape index (κ3) is 4.73. The summed E-state index contributed by atoms with van der Waals surface area (Å²) >= 11 is 0. The molecule has 2 atom stereocenters. The molecule has 0 radical (unpaired) electrons. The van der Waals surface area contributed by atoms with Crippen LogP contribution in [-0.2, 0) is 0 Å². The highest BCUT2D eigenvalue weighted by Crippen LogP contribution is 2.29. The molecule has 0 aliphatic heterocycles. The van der Waals surface area contributed by atoms with Crippen molar-refractivity contribution in [3.63, 3.8) is 0 Å². The first kappa shape index (κ1) is 16.3. The number of nitrogens with one attached hydrogen (secondary N) is 1. The van der Waals surface area contributed by atoms with Crippen LogP contribution in [0.15, 0.2) is 18.3 Å². The maximum absolute atomic E-state index is 13.0. The lowest BCUT2D eigenvalue weighted by atomic mass is 9.97. The minimum atomic E-state index is -0.304. The van der Waals surface area contributed by atoms with E-state index in [0.29, 0.717) is 12.0 Å². The van der Waals surface area contributed by atoms with E-state index in [9.17, 15) is 9.50 Å². The summed E-state index contributed by atoms with van der Waals surface area (Å²) in [6.45, 7) is 6.94. The number of halogens is 1. The van der Waals surface area contributed by atoms with Crippen molar-refractivity contribution in [3.05, 3.63) is 29.8 Å². The molecular formula is C16H26FN3O. The lowest BCUT2D eigenvalue weighted by Crippen LogP contribution is -2.38. The molecule has 118 valence electrons. The summed E-state index contributed by atoms with van der Waals surface area (Å²) in [7, 11) is 0. The standard InChI is InChI=1S/C16H26FN3O/c1-3-18-16(15-7-4-13(17)10-19-15)12(2)11-20(8-9-21)14-5-6-14/h4,7,10,12,14,16,18,21H,3,5-6,8-9,11H2,1-2H3. The van der Waals surface area contributed by atoms with Crippen LogP contribution < -0.4 is 5.32 Å². The lowest BCUT2D eigenvalue weighted by Gasteiger charge is -2.30. The zero-order valence-electron chi connectivity index (χ0n) is 12.9. The molecule has 4 nitrogen and oxygen atoms in total. The van der Waals surface area contributed by atoms with Gasteiger partial charge in [-0.2, -0.15) is 0 Å². The molecule has 1 aliphatic carbocycles. The number of hydrogen-bond donors (Lipinski definition) is 2. The van der Waals surface area contributed by atoms with E-state index in [-0.39, 0.29) is 18.5 Å². The Bertz CT molecular complexity index is 422. The van der Waals surface area contributed by atoms with Gasteiger partial charge in [-0.1, -0.05) is 13.8 Å². The van der Waals surface area contributed by atoms with Crippen LogP contribution in [-0.4, -0.2) is 47.3 Å². The van der Waals surface area contributed by atoms with Gasteiger partial charge in [-0.25, -0.2) is 4.39 Å². The van der Waals surface area contributed by atoms with E-state index in [1.165, 1.54) is 25.1 Å². The molecule has 1 heterocycles. The van der Waals surface area contributed by atoms with Gasteiger partial charge in [0.25, 0.3) is 0 Å². The number of aliphatic hydroxyl groups excluding tert-OH is 1. The van der Waals surface area contributed by atoms with Gasteiger partial charge in [0, 0.05) is 19.1 Å². The van der Waals surface area contributed by atoms with Crippen molar-refractivity contribution in [2.45, 2.75) is 38.8 Å². The smallest absolute Gasteiger partial charge is 0.141 e. The summed E-state index contributed by atoms with van der Waals surface area (Å²) in [4.78, 5) is 6.59. The Labute approximate surface area is 126 Å². The number of nitrogens with zero attached hydrogens (tertiary/aromatic N) is 2. The van der Waals surface area contributed by atoms with Crippen molar-refractivity contribution < 1.29 is 9.50 Å². The SMILES string of the molecule is CCNC(c1ccc(F)cn1)C(C)CN(CCO)C1CC1. The zero-order valence-corrected chi connectivity index (χ0v) is 12.9. The normalized spacial score (nSPS) is 18.0. The van der Waals surface area contributed by atoms with Gasteiger partial charge in [0.1, 0.15) is 5.82 Å². The highest BCUT2D eigenvalue weighted by molar-refractivity contribution is 5.11. The number of pyridine rings is 1. The Balaban J connectivity index is 2.03. The highest BCUT2D eigenvalue weighted by atomic mass is 19.1. The number of aliphatic hydroxyl groups is 1. The monoisotopic (exact) mass is 295 g/mol. The molecule has 5 heteroatoms. The molecule has 1 saturated carbocycles. The molecule has 1 aromatic rings. The van der Waals surface area contributed by atoms with Crippen molar-refractivity contribution >= 4 is 0 Å². The fourth-order valence-corrected chi connectivity index (χ4v) is 2.85. The summed E-state index contributed by atoms with van der Waals surface area (Å²) in [5.74, 6) is 0.0385. The predicted octanol–water partition coefficient (Wildman–Crippen LogP) is 1.96. The average Bonchev–Trinajstić information content (AvgIpc) is 3.30. The number of rotatable bonds is 9. The Kier molecular flexibility index (Phi) is 6.08. The first-order valence-corrected chi connectivity index (χ1v) is 7.85. The molecule has 0 bridgehead atoms. The second-order valence-corrected chi connectivity index (χ2v) is 5.86. The molecule has 0 saturated heterocycles. The first-order valence-electron chi connectivity index (χ1n) is 7.85. The van der Waals surface area contributed by atoms with Gasteiger partial charge in [-0.05, 0) is 37.4 Å². The van der Waals surface area contributed by atoms with Crippen molar-refractivity contribution in [1.82, 2.24) is 15.2 Å². The van der Waals surface area contributed by atoms with E-state index in [1.807, 2.05) is 0 Å². The van der Waals surface area contributed by atoms with Crippen LogP contribution >= 0.6 is 0 Å². The van der Waals surface area contributed by atoms with Crippen LogP contribution in [0.3, 0.4) is 0 Å². The zero-order chi connectivity index (χ0) is 15.2. The van der Waals surface area contributed by atoms with Crippen molar-refractivity contribution in [2.24, 2.45) is 5.92 Å². The van der Waals surface area contributed by atoms with Crippen LogP contribution in [0.4, 0.5) is 4.39 Å². The van der Waals surface area contributed by atoms with E-state index in [4.69, 9.17) is 0 Å². The average molecular weight is 295 g/mol. The molecule has 0 aromatic carbocycles. The molecule has 2 unspecified atom stereocenters. The van der Waals surface area contributed by atoms with E-state index in [0.717, 1.165) is 25.3 Å². The van der Waals surface area contributed by atoms with Gasteiger partial charge in [0.2, 0.25) is 0 Å². The van der Waals surface area contributed by atoms with E-state index < -0.39 is 0 Å². The van der Waals surface area contributed by atoms with Crippen LogP contribution in [0.5, 0.6) is 0 Å². The third-order valence-electron chi connectivity index (χ3n) is 4.03. The van der Waals surface area contributed by atoms with Crippen LogP contribution in [0.2, 0.25) is 0 Å². The quantitative estimate of drug-likeness (QED) is 0.731. The Morgan fingerprint density at radius 2 is 2.24 bits per heavy atom. The summed E-state index contributed by atoms with van der Waals surface area (Å²) in [6, 6.07) is 3.96. The number of hydrogen-bond acceptors (Lipinski definition) is 4. The Morgan fingerprint density at radius 3 is 2.76 bits per heavy atom. The summed E-state index contributed by atoms with van der Waals surface area (Å²) < 4.78 is 13.0. The van der Waals surface area contributed by atoms with Crippen molar-refractivity contribution in [2.75, 3.05) is 26.2 Å². The molecule has 1 fully saturated rings. The van der Waals surface area contributed by atoms with Crippen LogP contribution in [0.1, 0.15) is 38.4 Å². The number of aromatic nitrogens is 1. The minimum Gasteiger partial charge on any atom is -0.395 e. The second kappa shape index (κ2) is 7.82. The maximum atomic E-state index is 13.0. The van der Waals surface area contributed by atoms with Gasteiger partial charge in [-0.15, -0.1) is 0 Å². The third-order valence-corrected chi connectivity index (χ3v) is 4.03. The highest BCUT2D eigenvalue weighted by Gasteiger charge is 2.31. The topological polar surface area (TPSA) is 48.4 Å². The summed E-state index contributed by atoms with van der Waals surface area (Å²) in [6.07, 6.45) is 3.74. The first-order chi connectivity index (χ1) is 10.2. The van der Waals surface area contributed by atoms with Crippen LogP contribution in [0.25, 0.3) is 0 Å². The molecule has 2 N–H and O–H groups in total. The molecule has 21 heavy (non-hydrogen) atoms. The minimum absolute atomic E-state index is 0.107. The maximum Gasteiger partial charge on any atom is 0.141 e. The van der Waals surface area contributed by atoms with Gasteiger partial charge in [-0.3, -0.25) is 9.88 Å². The van der Waals surface area contributed by atoms with Crippen molar-refractivity contribution in [3.8, 4) is 0 Å². The fraction of sp³-hybridized carbons (Fsp3) is 0.688. The van der Waals surface area contributed by atoms with Gasteiger partial charge in [0.05, 0.1) is 24.5 Å². The lowest BCUT2D eigenvalue weighted by molar-refractivity contribution is 0.158. The van der Waals surface area contributed by atoms with Gasteiger partial charge < -0.3 is 10.4 Å².